The van der Waals surface area contributed by atoms with Gasteiger partial charge < -0.3 is 11.1 Å². The van der Waals surface area contributed by atoms with E-state index in [2.05, 4.69) is 20.3 Å². The monoisotopic (exact) mass is 316 g/mol. The summed E-state index contributed by atoms with van der Waals surface area (Å²) in [6, 6.07) is 14.0. The van der Waals surface area contributed by atoms with Gasteiger partial charge in [0.2, 0.25) is 5.95 Å². The summed E-state index contributed by atoms with van der Waals surface area (Å²) < 4.78 is 2.00. The number of pyridine rings is 1. The number of aromatic nitrogens is 4. The van der Waals surface area contributed by atoms with Crippen molar-refractivity contribution in [3.63, 3.8) is 0 Å². The first kappa shape index (κ1) is 14.2. The predicted molar refractivity (Wildman–Crippen MR) is 95.1 cm³/mol. The molecule has 3 N–H and O–H groups in total. The van der Waals surface area contributed by atoms with Crippen LogP contribution in [0.15, 0.2) is 61.1 Å². The van der Waals surface area contributed by atoms with Crippen LogP contribution >= 0.6 is 0 Å². The van der Waals surface area contributed by atoms with Crippen LogP contribution in [0, 0.1) is 6.92 Å². The van der Waals surface area contributed by atoms with Crippen molar-refractivity contribution in [3.05, 3.63) is 66.6 Å². The molecule has 4 aromatic rings. The highest BCUT2D eigenvalue weighted by atomic mass is 15.1. The molecule has 3 aromatic heterocycles. The van der Waals surface area contributed by atoms with Gasteiger partial charge in [0.25, 0.3) is 0 Å². The van der Waals surface area contributed by atoms with Crippen molar-refractivity contribution in [1.29, 1.82) is 0 Å². The van der Waals surface area contributed by atoms with Gasteiger partial charge in [-0.05, 0) is 36.8 Å². The number of anilines is 3. The van der Waals surface area contributed by atoms with Crippen molar-refractivity contribution in [1.82, 2.24) is 19.4 Å². The minimum atomic E-state index is 0.254. The van der Waals surface area contributed by atoms with E-state index in [1.165, 1.54) is 0 Å². The highest BCUT2D eigenvalue weighted by Crippen LogP contribution is 2.25. The molecule has 6 heteroatoms. The largest absolute Gasteiger partial charge is 0.368 e. The summed E-state index contributed by atoms with van der Waals surface area (Å²) in [5.74, 6) is 0.254. The highest BCUT2D eigenvalue weighted by molar-refractivity contribution is 5.67. The minimum Gasteiger partial charge on any atom is -0.368 e. The smallest absolute Gasteiger partial charge is 0.220 e. The molecule has 0 aliphatic rings. The molecule has 0 saturated carbocycles. The van der Waals surface area contributed by atoms with Gasteiger partial charge in [-0.3, -0.25) is 4.40 Å². The van der Waals surface area contributed by atoms with E-state index in [4.69, 9.17) is 5.73 Å². The third-order valence-corrected chi connectivity index (χ3v) is 3.80. The molecular formula is C18H16N6. The number of benzene rings is 1. The van der Waals surface area contributed by atoms with Crippen LogP contribution in [-0.2, 0) is 0 Å². The fourth-order valence-corrected chi connectivity index (χ4v) is 2.63. The molecule has 0 atom stereocenters. The fraction of sp³-hybridized carbons (Fsp3) is 0.0556. The summed E-state index contributed by atoms with van der Waals surface area (Å²) in [5.41, 5.74) is 11.2. The number of nitrogens with one attached hydrogen (secondary N) is 1. The van der Waals surface area contributed by atoms with Crippen molar-refractivity contribution < 1.29 is 0 Å². The number of nitrogens with two attached hydrogens (primary N) is 1. The van der Waals surface area contributed by atoms with Gasteiger partial charge >= 0.3 is 0 Å². The maximum absolute atomic E-state index is 5.75. The van der Waals surface area contributed by atoms with Gasteiger partial charge in [-0.2, -0.15) is 0 Å². The van der Waals surface area contributed by atoms with E-state index in [-0.39, 0.29) is 5.95 Å². The molecule has 24 heavy (non-hydrogen) atoms. The lowest BCUT2D eigenvalue weighted by Gasteiger charge is -2.09. The average molecular weight is 316 g/mol. The standard InChI is InChI=1S/C18H16N6/c1-12-9-21-18(19)23-17(12)15-10-20-16-8-7-14(11-24(15)16)22-13-5-3-2-4-6-13/h2-11,22H,1H3,(H2,19,21,23). The average Bonchev–Trinajstić information content (AvgIpc) is 3.01. The molecule has 0 aliphatic carbocycles. The molecule has 3 heterocycles. The Morgan fingerprint density at radius 2 is 1.79 bits per heavy atom. The van der Waals surface area contributed by atoms with E-state index in [1.807, 2.05) is 60.0 Å². The predicted octanol–water partition coefficient (Wildman–Crippen LogP) is 3.43. The number of nitrogens with zero attached hydrogens (tertiary/aromatic N) is 4. The molecule has 0 saturated heterocycles. The molecule has 118 valence electrons. The number of hydrogen-bond acceptors (Lipinski definition) is 5. The van der Waals surface area contributed by atoms with Gasteiger partial charge in [-0.15, -0.1) is 0 Å². The van der Waals surface area contributed by atoms with E-state index < -0.39 is 0 Å². The topological polar surface area (TPSA) is 81.1 Å². The van der Waals surface area contributed by atoms with Gasteiger partial charge in [0.15, 0.2) is 0 Å². The quantitative estimate of drug-likeness (QED) is 0.605. The summed E-state index contributed by atoms with van der Waals surface area (Å²) in [5, 5.41) is 3.38. The third-order valence-electron chi connectivity index (χ3n) is 3.80. The van der Waals surface area contributed by atoms with Gasteiger partial charge in [0, 0.05) is 18.1 Å². The molecular weight excluding hydrogens is 300 g/mol. The number of nitrogen functional groups attached to an aromatic ring is 1. The van der Waals surface area contributed by atoms with Crippen molar-refractivity contribution in [2.24, 2.45) is 0 Å². The van der Waals surface area contributed by atoms with Crippen molar-refractivity contribution in [2.45, 2.75) is 6.92 Å². The molecule has 0 radical (unpaired) electrons. The summed E-state index contributed by atoms with van der Waals surface area (Å²) in [6.07, 6.45) is 5.53. The van der Waals surface area contributed by atoms with Crippen LogP contribution in [0.2, 0.25) is 0 Å². The summed E-state index contributed by atoms with van der Waals surface area (Å²) in [6.45, 7) is 1.96. The number of fused-ring (bicyclic) bond motifs is 1. The first-order valence-corrected chi connectivity index (χ1v) is 7.59. The first-order chi connectivity index (χ1) is 11.7. The van der Waals surface area contributed by atoms with E-state index >= 15 is 0 Å². The molecule has 4 rings (SSSR count). The molecule has 0 amide bonds. The molecule has 6 nitrogen and oxygen atoms in total. The van der Waals surface area contributed by atoms with Crippen LogP contribution < -0.4 is 11.1 Å². The van der Waals surface area contributed by atoms with Gasteiger partial charge in [-0.25, -0.2) is 15.0 Å². The van der Waals surface area contributed by atoms with Crippen LogP contribution in [0.1, 0.15) is 5.56 Å². The summed E-state index contributed by atoms with van der Waals surface area (Å²) >= 11 is 0. The maximum atomic E-state index is 5.75. The minimum absolute atomic E-state index is 0.254. The SMILES string of the molecule is Cc1cnc(N)nc1-c1cnc2ccc(Nc3ccccc3)cn12. The lowest BCUT2D eigenvalue weighted by Crippen LogP contribution is -2.00. The number of aryl methyl sites for hydroxylation is 1. The summed E-state index contributed by atoms with van der Waals surface area (Å²) in [4.78, 5) is 12.8. The lowest BCUT2D eigenvalue weighted by molar-refractivity contribution is 1.11. The fourth-order valence-electron chi connectivity index (χ4n) is 2.63. The van der Waals surface area contributed by atoms with E-state index in [1.54, 1.807) is 12.4 Å². The number of rotatable bonds is 3. The maximum Gasteiger partial charge on any atom is 0.220 e. The van der Waals surface area contributed by atoms with Crippen LogP contribution in [0.5, 0.6) is 0 Å². The number of imidazole rings is 1. The Bertz CT molecular complexity index is 1010. The normalized spacial score (nSPS) is 10.9. The Morgan fingerprint density at radius 3 is 2.62 bits per heavy atom. The van der Waals surface area contributed by atoms with Crippen molar-refractivity contribution in [2.75, 3.05) is 11.1 Å². The van der Waals surface area contributed by atoms with Crippen LogP contribution in [0.3, 0.4) is 0 Å². The van der Waals surface area contributed by atoms with Crippen LogP contribution in [-0.4, -0.2) is 19.4 Å². The van der Waals surface area contributed by atoms with Crippen molar-refractivity contribution in [3.8, 4) is 11.4 Å². The second-order valence-corrected chi connectivity index (χ2v) is 5.54. The first-order valence-electron chi connectivity index (χ1n) is 7.59. The van der Waals surface area contributed by atoms with Crippen LogP contribution in [0.4, 0.5) is 17.3 Å². The number of para-hydroxylation sites is 1. The zero-order chi connectivity index (χ0) is 16.5. The second kappa shape index (κ2) is 5.66. The summed E-state index contributed by atoms with van der Waals surface area (Å²) in [7, 11) is 0. The van der Waals surface area contributed by atoms with E-state index in [9.17, 15) is 0 Å². The lowest BCUT2D eigenvalue weighted by atomic mass is 10.2. The van der Waals surface area contributed by atoms with E-state index in [0.717, 1.165) is 34.0 Å². The Kier molecular flexibility index (Phi) is 3.35. The molecule has 0 spiro atoms. The Labute approximate surface area is 139 Å². The van der Waals surface area contributed by atoms with Crippen LogP contribution in [0.25, 0.3) is 17.0 Å². The second-order valence-electron chi connectivity index (χ2n) is 5.54. The zero-order valence-corrected chi connectivity index (χ0v) is 13.1. The van der Waals surface area contributed by atoms with Gasteiger partial charge in [0.1, 0.15) is 5.65 Å². The highest BCUT2D eigenvalue weighted by Gasteiger charge is 2.11. The Balaban J connectivity index is 1.80. The molecule has 1 aromatic carbocycles. The zero-order valence-electron chi connectivity index (χ0n) is 13.1. The Hall–Kier alpha value is -3.41. The molecule has 0 aliphatic heterocycles. The van der Waals surface area contributed by atoms with Gasteiger partial charge in [-0.1, -0.05) is 18.2 Å². The van der Waals surface area contributed by atoms with Crippen molar-refractivity contribution >= 4 is 23.0 Å². The molecule has 0 fully saturated rings. The molecule has 0 unspecified atom stereocenters. The number of hydrogen-bond donors (Lipinski definition) is 2. The molecule has 0 bridgehead atoms. The Morgan fingerprint density at radius 1 is 0.958 bits per heavy atom. The van der Waals surface area contributed by atoms with Gasteiger partial charge in [0.05, 0.1) is 23.3 Å². The van der Waals surface area contributed by atoms with E-state index in [0.29, 0.717) is 0 Å². The third kappa shape index (κ3) is 2.54.